The summed E-state index contributed by atoms with van der Waals surface area (Å²) in [5, 5.41) is 5.27. The molecule has 0 heterocycles. The molecule has 0 spiro atoms. The molecule has 0 saturated carbocycles. The Bertz CT molecular complexity index is 768. The van der Waals surface area contributed by atoms with E-state index < -0.39 is 47.8 Å². The molecule has 0 fully saturated rings. The number of ketones is 1. The van der Waals surface area contributed by atoms with Gasteiger partial charge in [0.1, 0.15) is 18.1 Å². The van der Waals surface area contributed by atoms with Gasteiger partial charge in [-0.3, -0.25) is 19.2 Å². The third-order valence-corrected chi connectivity index (χ3v) is 4.62. The number of hydrogen-bond acceptors (Lipinski definition) is 7. The SMILES string of the molecule is CNCC(C(=O)NC(CC(=O)OC1C=CC=CC1)C(C)=O)C(=O)OC1C=CC=CC1. The summed E-state index contributed by atoms with van der Waals surface area (Å²) in [5.41, 5.74) is 0. The van der Waals surface area contributed by atoms with Gasteiger partial charge in [-0.2, -0.15) is 0 Å². The van der Waals surface area contributed by atoms with Gasteiger partial charge in [-0.05, 0) is 26.1 Å². The molecular formula is C22H28N2O6. The molecule has 2 rings (SSSR count). The highest BCUT2D eigenvalue weighted by atomic mass is 16.5. The monoisotopic (exact) mass is 416 g/mol. The minimum absolute atomic E-state index is 0.0330. The van der Waals surface area contributed by atoms with Crippen molar-refractivity contribution < 1.29 is 28.7 Å². The fourth-order valence-electron chi connectivity index (χ4n) is 2.96. The predicted octanol–water partition coefficient (Wildman–Crippen LogP) is 1.14. The topological polar surface area (TPSA) is 111 Å². The van der Waals surface area contributed by atoms with Gasteiger partial charge in [0.05, 0.1) is 12.5 Å². The summed E-state index contributed by atoms with van der Waals surface area (Å²) in [6.07, 6.45) is 14.4. The van der Waals surface area contributed by atoms with Crippen LogP contribution in [0.1, 0.15) is 26.2 Å². The second kappa shape index (κ2) is 11.9. The molecule has 4 unspecified atom stereocenters. The van der Waals surface area contributed by atoms with Crippen LogP contribution in [0.4, 0.5) is 0 Å². The van der Waals surface area contributed by atoms with E-state index in [0.717, 1.165) is 0 Å². The molecule has 30 heavy (non-hydrogen) atoms. The van der Waals surface area contributed by atoms with E-state index in [1.54, 1.807) is 31.4 Å². The maximum absolute atomic E-state index is 12.7. The Hall–Kier alpha value is -3.00. The number of Topliss-reactive ketones (excluding diaryl/α,β-unsaturated/α-hetero) is 1. The standard InChI is InChI=1S/C22H28N2O6/c1-15(25)19(13-20(26)29-16-9-5-3-6-10-16)24-21(27)18(14-23-2)22(28)30-17-11-7-4-8-12-17/h3-9,11,16-19,23H,10,12-14H2,1-2H3,(H,24,27). The molecule has 0 aromatic rings. The average Bonchev–Trinajstić information content (AvgIpc) is 2.72. The van der Waals surface area contributed by atoms with E-state index in [1.807, 2.05) is 24.3 Å². The minimum Gasteiger partial charge on any atom is -0.458 e. The van der Waals surface area contributed by atoms with E-state index in [-0.39, 0.29) is 13.0 Å². The first-order chi connectivity index (χ1) is 14.4. The van der Waals surface area contributed by atoms with E-state index in [0.29, 0.717) is 12.8 Å². The first kappa shape index (κ1) is 23.3. The molecule has 8 nitrogen and oxygen atoms in total. The van der Waals surface area contributed by atoms with Crippen LogP contribution in [0.25, 0.3) is 0 Å². The number of nitrogens with one attached hydrogen (secondary N) is 2. The molecular weight excluding hydrogens is 388 g/mol. The van der Waals surface area contributed by atoms with E-state index in [4.69, 9.17) is 9.47 Å². The number of hydrogen-bond donors (Lipinski definition) is 2. The Morgan fingerprint density at radius 2 is 1.57 bits per heavy atom. The van der Waals surface area contributed by atoms with E-state index in [9.17, 15) is 19.2 Å². The van der Waals surface area contributed by atoms with Crippen LogP contribution in [0.5, 0.6) is 0 Å². The van der Waals surface area contributed by atoms with E-state index in [2.05, 4.69) is 10.6 Å². The smallest absolute Gasteiger partial charge is 0.320 e. The van der Waals surface area contributed by atoms with Crippen LogP contribution in [0.2, 0.25) is 0 Å². The van der Waals surface area contributed by atoms with Gasteiger partial charge in [-0.15, -0.1) is 0 Å². The summed E-state index contributed by atoms with van der Waals surface area (Å²) in [5.74, 6) is -3.55. The molecule has 0 aromatic heterocycles. The lowest BCUT2D eigenvalue weighted by molar-refractivity contribution is -0.155. The Morgan fingerprint density at radius 1 is 0.967 bits per heavy atom. The molecule has 0 saturated heterocycles. The van der Waals surface area contributed by atoms with Gasteiger partial charge >= 0.3 is 11.9 Å². The van der Waals surface area contributed by atoms with Crippen molar-refractivity contribution in [3.8, 4) is 0 Å². The lowest BCUT2D eigenvalue weighted by Crippen LogP contribution is -2.49. The molecule has 4 atom stereocenters. The third-order valence-electron chi connectivity index (χ3n) is 4.62. The summed E-state index contributed by atoms with van der Waals surface area (Å²) in [6, 6.07) is -1.09. The molecule has 0 bridgehead atoms. The molecule has 2 aliphatic carbocycles. The Balaban J connectivity index is 1.94. The Morgan fingerprint density at radius 3 is 2.07 bits per heavy atom. The largest absolute Gasteiger partial charge is 0.458 e. The molecule has 2 aliphatic rings. The van der Waals surface area contributed by atoms with Crippen LogP contribution in [-0.4, -0.2) is 55.5 Å². The van der Waals surface area contributed by atoms with Crippen molar-refractivity contribution >= 4 is 23.6 Å². The van der Waals surface area contributed by atoms with Crippen molar-refractivity contribution in [2.45, 2.75) is 44.4 Å². The number of carbonyl (C=O) groups is 4. The van der Waals surface area contributed by atoms with Crippen molar-refractivity contribution in [1.29, 1.82) is 0 Å². The highest BCUT2D eigenvalue weighted by molar-refractivity contribution is 6.00. The van der Waals surface area contributed by atoms with Crippen molar-refractivity contribution in [2.75, 3.05) is 13.6 Å². The Kier molecular flexibility index (Phi) is 9.21. The molecule has 0 aromatic carbocycles. The van der Waals surface area contributed by atoms with Crippen LogP contribution in [-0.2, 0) is 28.7 Å². The molecule has 0 radical (unpaired) electrons. The fourth-order valence-corrected chi connectivity index (χ4v) is 2.96. The van der Waals surface area contributed by atoms with Crippen LogP contribution < -0.4 is 10.6 Å². The second-order valence-corrected chi connectivity index (χ2v) is 7.09. The maximum Gasteiger partial charge on any atom is 0.320 e. The Labute approximate surface area is 176 Å². The van der Waals surface area contributed by atoms with Gasteiger partial charge in [0.25, 0.3) is 0 Å². The van der Waals surface area contributed by atoms with Crippen molar-refractivity contribution in [3.05, 3.63) is 48.6 Å². The van der Waals surface area contributed by atoms with Gasteiger partial charge in [-0.1, -0.05) is 36.5 Å². The first-order valence-electron chi connectivity index (χ1n) is 9.92. The minimum atomic E-state index is -1.15. The zero-order valence-electron chi connectivity index (χ0n) is 17.2. The highest BCUT2D eigenvalue weighted by Crippen LogP contribution is 2.13. The number of esters is 2. The summed E-state index contributed by atoms with van der Waals surface area (Å²) in [4.78, 5) is 49.4. The number of amides is 1. The molecule has 162 valence electrons. The third kappa shape index (κ3) is 7.44. The van der Waals surface area contributed by atoms with Gasteiger partial charge in [0, 0.05) is 19.4 Å². The normalized spacial score (nSPS) is 21.5. The quantitative estimate of drug-likeness (QED) is 0.406. The van der Waals surface area contributed by atoms with Gasteiger partial charge in [-0.25, -0.2) is 0 Å². The summed E-state index contributed by atoms with van der Waals surface area (Å²) in [7, 11) is 1.60. The number of ether oxygens (including phenoxy) is 2. The average molecular weight is 416 g/mol. The summed E-state index contributed by atoms with van der Waals surface area (Å²) >= 11 is 0. The van der Waals surface area contributed by atoms with Crippen molar-refractivity contribution in [1.82, 2.24) is 10.6 Å². The number of allylic oxidation sites excluding steroid dienone is 4. The molecule has 0 aliphatic heterocycles. The zero-order valence-corrected chi connectivity index (χ0v) is 17.2. The van der Waals surface area contributed by atoms with Gasteiger partial charge in [0.15, 0.2) is 5.78 Å². The van der Waals surface area contributed by atoms with Crippen molar-refractivity contribution in [2.24, 2.45) is 5.92 Å². The van der Waals surface area contributed by atoms with Crippen LogP contribution in [0, 0.1) is 5.92 Å². The first-order valence-corrected chi connectivity index (χ1v) is 9.92. The molecule has 8 heteroatoms. The lowest BCUT2D eigenvalue weighted by atomic mass is 10.1. The predicted molar refractivity (Wildman–Crippen MR) is 110 cm³/mol. The fraction of sp³-hybridized carbons (Fsp3) is 0.455. The maximum atomic E-state index is 12.7. The van der Waals surface area contributed by atoms with Crippen LogP contribution in [0.15, 0.2) is 48.6 Å². The van der Waals surface area contributed by atoms with Crippen LogP contribution >= 0.6 is 0 Å². The van der Waals surface area contributed by atoms with Gasteiger partial charge < -0.3 is 20.1 Å². The highest BCUT2D eigenvalue weighted by Gasteiger charge is 2.32. The van der Waals surface area contributed by atoms with Crippen molar-refractivity contribution in [3.63, 3.8) is 0 Å². The molecule has 1 amide bonds. The van der Waals surface area contributed by atoms with E-state index in [1.165, 1.54) is 6.92 Å². The zero-order chi connectivity index (χ0) is 21.9. The van der Waals surface area contributed by atoms with E-state index >= 15 is 0 Å². The number of rotatable bonds is 10. The van der Waals surface area contributed by atoms with Crippen LogP contribution in [0.3, 0.4) is 0 Å². The second-order valence-electron chi connectivity index (χ2n) is 7.09. The number of carbonyl (C=O) groups excluding carboxylic acids is 4. The molecule has 2 N–H and O–H groups in total. The summed E-state index contributed by atoms with van der Waals surface area (Å²) < 4.78 is 10.7. The van der Waals surface area contributed by atoms with Gasteiger partial charge in [0.2, 0.25) is 5.91 Å². The lowest BCUT2D eigenvalue weighted by Gasteiger charge is -2.22. The summed E-state index contributed by atoms with van der Waals surface area (Å²) in [6.45, 7) is 1.30.